The van der Waals surface area contributed by atoms with Gasteiger partial charge in [0, 0.05) is 12.8 Å². The average Bonchev–Trinajstić information content (AvgIpc) is 3.15. The number of carbonyl (C=O) groups excluding carboxylic acids is 2. The molecule has 52 heavy (non-hydrogen) atoms. The molecule has 0 heterocycles. The van der Waals surface area contributed by atoms with Crippen molar-refractivity contribution in [1.29, 1.82) is 0 Å². The second-order valence-electron chi connectivity index (χ2n) is 12.3. The van der Waals surface area contributed by atoms with E-state index in [-0.39, 0.29) is 25.4 Å². The van der Waals surface area contributed by atoms with E-state index < -0.39 is 18.7 Å². The topological polar surface area (TPSA) is 72.8 Å². The second-order valence-corrected chi connectivity index (χ2v) is 12.3. The largest absolute Gasteiger partial charge is 0.462 e. The van der Waals surface area contributed by atoms with Crippen LogP contribution in [0.25, 0.3) is 0 Å². The first-order valence-corrected chi connectivity index (χ1v) is 19.7. The minimum atomic E-state index is -0.852. The molecule has 0 aromatic rings. The maximum atomic E-state index is 12.1. The Kier molecular flexibility index (Phi) is 38.3. The van der Waals surface area contributed by atoms with Crippen LogP contribution in [0.15, 0.2) is 134 Å². The van der Waals surface area contributed by atoms with Crippen molar-refractivity contribution in [2.45, 2.75) is 136 Å². The van der Waals surface area contributed by atoms with E-state index in [4.69, 9.17) is 9.47 Å². The summed E-state index contributed by atoms with van der Waals surface area (Å²) < 4.78 is 10.5. The van der Waals surface area contributed by atoms with Gasteiger partial charge in [-0.1, -0.05) is 160 Å². The zero-order valence-electron chi connectivity index (χ0n) is 32.5. The van der Waals surface area contributed by atoms with Crippen molar-refractivity contribution >= 4 is 11.9 Å². The van der Waals surface area contributed by atoms with Crippen molar-refractivity contribution in [3.05, 3.63) is 134 Å². The molecule has 5 nitrogen and oxygen atoms in total. The van der Waals surface area contributed by atoms with Gasteiger partial charge in [0.15, 0.2) is 6.10 Å². The third-order valence-corrected chi connectivity index (χ3v) is 7.46. The number of carbonyl (C=O) groups is 2. The van der Waals surface area contributed by atoms with Gasteiger partial charge in [-0.25, -0.2) is 0 Å². The molecular formula is C47H70O5. The Labute approximate surface area is 317 Å². The van der Waals surface area contributed by atoms with Crippen molar-refractivity contribution in [3.8, 4) is 0 Å². The molecule has 5 heteroatoms. The lowest BCUT2D eigenvalue weighted by atomic mass is 10.2. The van der Waals surface area contributed by atoms with E-state index >= 15 is 0 Å². The van der Waals surface area contributed by atoms with Crippen LogP contribution in [0.5, 0.6) is 0 Å². The summed E-state index contributed by atoms with van der Waals surface area (Å²) in [5, 5.41) is 9.54. The zero-order valence-corrected chi connectivity index (χ0v) is 32.5. The van der Waals surface area contributed by atoms with Crippen LogP contribution in [0.1, 0.15) is 129 Å². The lowest BCUT2D eigenvalue weighted by molar-refractivity contribution is -0.161. The number of esters is 2. The molecule has 0 saturated heterocycles. The summed E-state index contributed by atoms with van der Waals surface area (Å²) in [4.78, 5) is 24.2. The molecule has 0 fully saturated rings. The quantitative estimate of drug-likeness (QED) is 0.0416. The lowest BCUT2D eigenvalue weighted by Crippen LogP contribution is -2.28. The smallest absolute Gasteiger partial charge is 0.306 e. The zero-order chi connectivity index (χ0) is 37.8. The fourth-order valence-corrected chi connectivity index (χ4v) is 4.50. The summed E-state index contributed by atoms with van der Waals surface area (Å²) in [6.45, 7) is 3.83. The Morgan fingerprint density at radius 1 is 0.462 bits per heavy atom. The van der Waals surface area contributed by atoms with Gasteiger partial charge in [-0.3, -0.25) is 9.59 Å². The van der Waals surface area contributed by atoms with Crippen molar-refractivity contribution in [3.63, 3.8) is 0 Å². The molecular weight excluding hydrogens is 645 g/mol. The van der Waals surface area contributed by atoms with Gasteiger partial charge in [0.1, 0.15) is 6.61 Å². The molecule has 288 valence electrons. The second kappa shape index (κ2) is 41.5. The molecule has 0 saturated carbocycles. The average molecular weight is 715 g/mol. The Morgan fingerprint density at radius 3 is 1.17 bits per heavy atom. The molecule has 1 atom stereocenters. The summed E-state index contributed by atoms with van der Waals surface area (Å²) >= 11 is 0. The molecule has 0 radical (unpaired) electrons. The molecule has 0 aromatic carbocycles. The third kappa shape index (κ3) is 38.8. The van der Waals surface area contributed by atoms with Crippen LogP contribution in [0.4, 0.5) is 0 Å². The van der Waals surface area contributed by atoms with Gasteiger partial charge in [-0.05, 0) is 89.9 Å². The fourth-order valence-electron chi connectivity index (χ4n) is 4.50. The van der Waals surface area contributed by atoms with Gasteiger partial charge in [0.2, 0.25) is 0 Å². The van der Waals surface area contributed by atoms with Crippen LogP contribution in [0, 0.1) is 0 Å². The number of hydrogen-bond donors (Lipinski definition) is 1. The van der Waals surface area contributed by atoms with Gasteiger partial charge >= 0.3 is 11.9 Å². The standard InChI is InChI=1S/C47H70O5/c1-3-5-7-9-11-13-15-17-19-21-23-25-27-29-31-33-35-37-39-41-46(49)51-44-45(43-48)52-47(50)42-40-38-36-34-32-30-28-26-24-22-20-18-16-14-12-10-8-6-4-2/h6,8,11-14,17-20,23-26,29-32,35-38,45,48H,3-5,7,9-10,15-16,21-22,27-28,33-34,39-44H2,1-2H3/t45-/m0/s1. The van der Waals surface area contributed by atoms with Gasteiger partial charge in [-0.2, -0.15) is 0 Å². The molecule has 0 bridgehead atoms. The Bertz CT molecular complexity index is 1170. The van der Waals surface area contributed by atoms with E-state index in [9.17, 15) is 14.7 Å². The first-order valence-electron chi connectivity index (χ1n) is 19.7. The van der Waals surface area contributed by atoms with E-state index in [1.165, 1.54) is 25.7 Å². The minimum absolute atomic E-state index is 0.146. The van der Waals surface area contributed by atoms with Crippen LogP contribution in [0.3, 0.4) is 0 Å². The predicted octanol–water partition coefficient (Wildman–Crippen LogP) is 12.6. The monoisotopic (exact) mass is 715 g/mol. The number of hydrogen-bond acceptors (Lipinski definition) is 5. The van der Waals surface area contributed by atoms with Gasteiger partial charge in [0.05, 0.1) is 6.61 Å². The van der Waals surface area contributed by atoms with Gasteiger partial charge < -0.3 is 14.6 Å². The molecule has 0 aliphatic rings. The first kappa shape index (κ1) is 48.0. The van der Waals surface area contributed by atoms with Crippen LogP contribution in [0.2, 0.25) is 0 Å². The van der Waals surface area contributed by atoms with Crippen LogP contribution in [-0.4, -0.2) is 36.4 Å². The first-order chi connectivity index (χ1) is 25.6. The van der Waals surface area contributed by atoms with Crippen molar-refractivity contribution in [1.82, 2.24) is 0 Å². The van der Waals surface area contributed by atoms with Gasteiger partial charge in [-0.15, -0.1) is 0 Å². The van der Waals surface area contributed by atoms with Crippen LogP contribution in [-0.2, 0) is 19.1 Å². The number of ether oxygens (including phenoxy) is 2. The van der Waals surface area contributed by atoms with E-state index in [0.29, 0.717) is 12.8 Å². The normalized spacial score (nSPS) is 13.7. The summed E-state index contributed by atoms with van der Waals surface area (Å²) in [6, 6.07) is 0. The highest BCUT2D eigenvalue weighted by Crippen LogP contribution is 2.04. The molecule has 0 aliphatic carbocycles. The minimum Gasteiger partial charge on any atom is -0.462 e. The highest BCUT2D eigenvalue weighted by molar-refractivity contribution is 5.70. The molecule has 0 amide bonds. The summed E-state index contributed by atoms with van der Waals surface area (Å²) in [5.74, 6) is -0.802. The van der Waals surface area contributed by atoms with E-state index in [0.717, 1.165) is 64.2 Å². The molecule has 0 aromatic heterocycles. The highest BCUT2D eigenvalue weighted by Gasteiger charge is 2.15. The highest BCUT2D eigenvalue weighted by atomic mass is 16.6. The van der Waals surface area contributed by atoms with Crippen LogP contribution < -0.4 is 0 Å². The fraction of sp³-hybridized carbons (Fsp3) is 0.489. The molecule has 1 N–H and O–H groups in total. The lowest BCUT2D eigenvalue weighted by Gasteiger charge is -2.15. The maximum absolute atomic E-state index is 12.1. The van der Waals surface area contributed by atoms with E-state index in [2.05, 4.69) is 123 Å². The predicted molar refractivity (Wildman–Crippen MR) is 223 cm³/mol. The summed E-state index contributed by atoms with van der Waals surface area (Å²) in [5.41, 5.74) is 0. The molecule has 0 rings (SSSR count). The Balaban J connectivity index is 3.87. The molecule has 0 spiro atoms. The molecule has 0 aliphatic heterocycles. The number of rotatable bonds is 33. The van der Waals surface area contributed by atoms with Crippen molar-refractivity contribution < 1.29 is 24.2 Å². The number of aliphatic hydroxyl groups is 1. The summed E-state index contributed by atoms with van der Waals surface area (Å²) in [6.07, 6.45) is 62.4. The van der Waals surface area contributed by atoms with Crippen molar-refractivity contribution in [2.75, 3.05) is 13.2 Å². The summed E-state index contributed by atoms with van der Waals surface area (Å²) in [7, 11) is 0. The Morgan fingerprint density at radius 2 is 0.808 bits per heavy atom. The maximum Gasteiger partial charge on any atom is 0.306 e. The SMILES string of the molecule is CCC=CCC=CCC=CCC=CCC=CCC=CCCC(=O)O[C@@H](CO)COC(=O)CCC=CCC=CCC=CCC=CCC=CCCCCC. The number of unbranched alkanes of at least 4 members (excludes halogenated alkanes) is 3. The number of aliphatic hydroxyl groups excluding tert-OH is 1. The number of allylic oxidation sites excluding steroid dienone is 22. The Hall–Kier alpha value is -3.96. The van der Waals surface area contributed by atoms with Gasteiger partial charge in [0.25, 0.3) is 0 Å². The molecule has 0 unspecified atom stereocenters. The third-order valence-electron chi connectivity index (χ3n) is 7.46. The van der Waals surface area contributed by atoms with Crippen LogP contribution >= 0.6 is 0 Å². The van der Waals surface area contributed by atoms with Crippen molar-refractivity contribution in [2.24, 2.45) is 0 Å². The van der Waals surface area contributed by atoms with E-state index in [1.807, 2.05) is 24.3 Å². The van der Waals surface area contributed by atoms with E-state index in [1.54, 1.807) is 0 Å².